The second-order valence-electron chi connectivity index (χ2n) is 12.2. The number of hydrogen-bond donors (Lipinski definition) is 0. The molecule has 7 aromatic rings. The van der Waals surface area contributed by atoms with Crippen LogP contribution >= 0.6 is 11.8 Å². The number of nitrogens with zero attached hydrogens (tertiary/aromatic N) is 1. The van der Waals surface area contributed by atoms with Gasteiger partial charge in [-0.05, 0) is 81.2 Å². The van der Waals surface area contributed by atoms with Crippen molar-refractivity contribution in [2.45, 2.75) is 15.2 Å². The monoisotopic (exact) mass is 634 g/mol. The van der Waals surface area contributed by atoms with E-state index in [1.807, 2.05) is 23.9 Å². The Kier molecular flexibility index (Phi) is 5.92. The third kappa shape index (κ3) is 3.80. The number of rotatable bonds is 2. The van der Waals surface area contributed by atoms with Crippen molar-refractivity contribution in [3.05, 3.63) is 192 Å². The lowest BCUT2D eigenvalue weighted by atomic mass is 9.64. The van der Waals surface area contributed by atoms with Gasteiger partial charge in [-0.3, -0.25) is 0 Å². The van der Waals surface area contributed by atoms with E-state index in [2.05, 4.69) is 163 Å². The fourth-order valence-corrected chi connectivity index (χ4v) is 12.2. The van der Waals surface area contributed by atoms with Crippen LogP contribution in [0.1, 0.15) is 22.3 Å². The first kappa shape index (κ1) is 26.9. The Hall–Kier alpha value is -5.29. The molecule has 4 heteroatoms. The van der Waals surface area contributed by atoms with Crippen LogP contribution in [-0.4, -0.2) is 8.80 Å². The largest absolute Gasteiger partial charge is 0.453 e. The first-order valence-corrected chi connectivity index (χ1v) is 18.3. The molecule has 1 radical (unpaired) electrons. The molecule has 10 rings (SSSR count). The van der Waals surface area contributed by atoms with Crippen molar-refractivity contribution in [3.8, 4) is 11.5 Å². The van der Waals surface area contributed by atoms with Gasteiger partial charge in [0.1, 0.15) is 0 Å². The summed E-state index contributed by atoms with van der Waals surface area (Å²) >= 11 is 1.89. The second kappa shape index (κ2) is 10.4. The smallest absolute Gasteiger partial charge is 0.155 e. The number of anilines is 3. The summed E-state index contributed by atoms with van der Waals surface area (Å²) in [5, 5.41) is 4.31. The summed E-state index contributed by atoms with van der Waals surface area (Å²) < 4.78 is 6.43. The van der Waals surface area contributed by atoms with Gasteiger partial charge in [-0.25, -0.2) is 0 Å². The molecule has 0 atom stereocenters. The molecule has 221 valence electrons. The van der Waals surface area contributed by atoms with E-state index in [1.54, 1.807) is 0 Å². The summed E-state index contributed by atoms with van der Waals surface area (Å²) in [5.74, 6) is 1.73. The van der Waals surface area contributed by atoms with Crippen molar-refractivity contribution in [1.82, 2.24) is 0 Å². The molecule has 0 aromatic heterocycles. The minimum Gasteiger partial charge on any atom is -0.453 e. The fourth-order valence-electron chi connectivity index (χ4n) is 7.99. The van der Waals surface area contributed by atoms with Gasteiger partial charge >= 0.3 is 0 Å². The SMILES string of the molecule is c1ccc([Si]2c3ccccc3C3(c4ccccc4Sc4ccccc43)c3cc(N4c5ccccc5Oc5ccccc54)ccc32)cc1. The maximum atomic E-state index is 6.43. The molecule has 0 bridgehead atoms. The van der Waals surface area contributed by atoms with Gasteiger partial charge < -0.3 is 9.64 Å². The molecule has 47 heavy (non-hydrogen) atoms. The van der Waals surface area contributed by atoms with Gasteiger partial charge in [0.05, 0.1) is 16.8 Å². The Balaban J connectivity index is 1.34. The molecule has 2 nitrogen and oxygen atoms in total. The first-order chi connectivity index (χ1) is 23.3. The van der Waals surface area contributed by atoms with Gasteiger partial charge in [0, 0.05) is 15.5 Å². The van der Waals surface area contributed by atoms with Crippen LogP contribution < -0.4 is 25.2 Å². The third-order valence-electron chi connectivity index (χ3n) is 9.83. The topological polar surface area (TPSA) is 12.5 Å². The molecule has 7 aromatic carbocycles. The van der Waals surface area contributed by atoms with Gasteiger partial charge in [0.15, 0.2) is 20.3 Å². The standard InChI is InChI=1S/C43H28NOSSi/c1-2-14-30(15-3-1)47-41-25-13-6-18-33(41)43(31-16-4-11-23-39(31)46-40-24-12-5-17-32(40)43)34-28-29(26-27-42(34)47)44-35-19-7-9-21-37(35)45-38-22-10-8-20-36(38)44/h1-28H. The first-order valence-electron chi connectivity index (χ1n) is 16.0. The number of para-hydroxylation sites is 4. The quantitative estimate of drug-likeness (QED) is 0.176. The Morgan fingerprint density at radius 2 is 1.00 bits per heavy atom. The molecule has 0 saturated carbocycles. The van der Waals surface area contributed by atoms with Crippen LogP contribution in [0.25, 0.3) is 0 Å². The molecule has 0 saturated heterocycles. The summed E-state index contributed by atoms with van der Waals surface area (Å²) in [5.41, 5.74) is 8.22. The summed E-state index contributed by atoms with van der Waals surface area (Å²) in [6, 6.07) is 62.6. The maximum absolute atomic E-state index is 6.43. The van der Waals surface area contributed by atoms with Gasteiger partial charge in [0.2, 0.25) is 0 Å². The summed E-state index contributed by atoms with van der Waals surface area (Å²) in [6.45, 7) is 0. The lowest BCUT2D eigenvalue weighted by molar-refractivity contribution is 0.477. The minimum atomic E-state index is -1.33. The zero-order valence-electron chi connectivity index (χ0n) is 25.4. The van der Waals surface area contributed by atoms with E-state index >= 15 is 0 Å². The number of hydrogen-bond acceptors (Lipinski definition) is 3. The molecule has 3 aliphatic heterocycles. The predicted molar refractivity (Wildman–Crippen MR) is 195 cm³/mol. The van der Waals surface area contributed by atoms with E-state index in [1.165, 1.54) is 47.6 Å². The van der Waals surface area contributed by atoms with E-state index < -0.39 is 14.2 Å². The van der Waals surface area contributed by atoms with E-state index in [4.69, 9.17) is 4.74 Å². The van der Waals surface area contributed by atoms with Crippen molar-refractivity contribution in [3.63, 3.8) is 0 Å². The van der Waals surface area contributed by atoms with Crippen LogP contribution in [0.2, 0.25) is 0 Å². The fraction of sp³-hybridized carbons (Fsp3) is 0.0233. The number of benzene rings is 7. The molecule has 0 fully saturated rings. The van der Waals surface area contributed by atoms with Crippen molar-refractivity contribution in [2.24, 2.45) is 0 Å². The second-order valence-corrected chi connectivity index (χ2v) is 15.7. The van der Waals surface area contributed by atoms with E-state index in [0.717, 1.165) is 28.6 Å². The predicted octanol–water partition coefficient (Wildman–Crippen LogP) is 8.94. The van der Waals surface area contributed by atoms with Crippen molar-refractivity contribution < 1.29 is 4.74 Å². The average Bonchev–Trinajstić information content (AvgIpc) is 3.14. The molecule has 0 N–H and O–H groups in total. The lowest BCUT2D eigenvalue weighted by Gasteiger charge is -2.48. The summed E-state index contributed by atoms with van der Waals surface area (Å²) in [7, 11) is -1.33. The lowest BCUT2D eigenvalue weighted by Crippen LogP contribution is -2.62. The number of fused-ring (bicyclic) bond motifs is 10. The normalized spacial score (nSPS) is 14.9. The molecule has 3 aliphatic rings. The number of ether oxygens (including phenoxy) is 1. The van der Waals surface area contributed by atoms with Gasteiger partial charge in [-0.15, -0.1) is 0 Å². The van der Waals surface area contributed by atoms with Gasteiger partial charge in [-0.1, -0.05) is 138 Å². The van der Waals surface area contributed by atoms with Crippen LogP contribution in [-0.2, 0) is 5.41 Å². The minimum absolute atomic E-state index is 0.478. The van der Waals surface area contributed by atoms with E-state index in [-0.39, 0.29) is 0 Å². The molecule has 3 heterocycles. The zero-order chi connectivity index (χ0) is 31.0. The van der Waals surface area contributed by atoms with Crippen molar-refractivity contribution in [1.29, 1.82) is 0 Å². The Labute approximate surface area is 280 Å². The van der Waals surface area contributed by atoms with E-state index in [0.29, 0.717) is 0 Å². The molecule has 0 unspecified atom stereocenters. The van der Waals surface area contributed by atoms with Crippen LogP contribution in [0.15, 0.2) is 180 Å². The summed E-state index contributed by atoms with van der Waals surface area (Å²) in [4.78, 5) is 5.01. The van der Waals surface area contributed by atoms with Crippen LogP contribution in [0.5, 0.6) is 11.5 Å². The molecule has 0 aliphatic carbocycles. The maximum Gasteiger partial charge on any atom is 0.155 e. The van der Waals surface area contributed by atoms with Gasteiger partial charge in [-0.2, -0.15) is 0 Å². The Morgan fingerprint density at radius 1 is 0.468 bits per heavy atom. The van der Waals surface area contributed by atoms with E-state index in [9.17, 15) is 0 Å². The van der Waals surface area contributed by atoms with Crippen molar-refractivity contribution >= 4 is 53.2 Å². The highest BCUT2D eigenvalue weighted by Crippen LogP contribution is 2.57. The van der Waals surface area contributed by atoms with Crippen molar-refractivity contribution in [2.75, 3.05) is 4.90 Å². The third-order valence-corrected chi connectivity index (χ3v) is 13.8. The molecule has 1 spiro atoms. The summed E-state index contributed by atoms with van der Waals surface area (Å²) in [6.07, 6.45) is 0. The molecular formula is C43H28NOSSi. The van der Waals surface area contributed by atoms with Gasteiger partial charge in [0.25, 0.3) is 0 Å². The highest BCUT2D eigenvalue weighted by molar-refractivity contribution is 7.99. The Bertz CT molecular complexity index is 2260. The average molecular weight is 635 g/mol. The highest BCUT2D eigenvalue weighted by atomic mass is 32.2. The van der Waals surface area contributed by atoms with Crippen LogP contribution in [0, 0.1) is 0 Å². The molecule has 0 amide bonds. The molecular weight excluding hydrogens is 607 g/mol. The zero-order valence-corrected chi connectivity index (χ0v) is 27.2. The van der Waals surface area contributed by atoms with Crippen LogP contribution in [0.4, 0.5) is 17.1 Å². The Morgan fingerprint density at radius 3 is 1.68 bits per heavy atom. The van der Waals surface area contributed by atoms with Crippen LogP contribution in [0.3, 0.4) is 0 Å². The highest BCUT2D eigenvalue weighted by Gasteiger charge is 2.51.